The summed E-state index contributed by atoms with van der Waals surface area (Å²) in [6.45, 7) is 8.47. The van der Waals surface area contributed by atoms with E-state index in [1.54, 1.807) is 0 Å². The second-order valence-electron chi connectivity index (χ2n) is 6.70. The van der Waals surface area contributed by atoms with Gasteiger partial charge in [0.25, 0.3) is 0 Å². The van der Waals surface area contributed by atoms with Crippen molar-refractivity contribution in [3.05, 3.63) is 29.8 Å². The molecule has 1 fully saturated rings. The molecule has 0 amide bonds. The lowest BCUT2D eigenvalue weighted by atomic mass is 9.87. The minimum Gasteiger partial charge on any atom is -0.493 e. The predicted molar refractivity (Wildman–Crippen MR) is 85.0 cm³/mol. The predicted octanol–water partition coefficient (Wildman–Crippen LogP) is 4.39. The number of nitrogens with one attached hydrogen (secondary N) is 1. The van der Waals surface area contributed by atoms with Crippen LogP contribution in [0.4, 0.5) is 0 Å². The summed E-state index contributed by atoms with van der Waals surface area (Å²) in [5.74, 6) is 2.44. The second kappa shape index (κ2) is 7.68. The molecule has 1 aliphatic carbocycles. The number of hydrogen-bond acceptors (Lipinski definition) is 2. The van der Waals surface area contributed by atoms with E-state index in [2.05, 4.69) is 50.4 Å². The molecular weight excluding hydrogens is 246 g/mol. The minimum atomic E-state index is 0.570. The summed E-state index contributed by atoms with van der Waals surface area (Å²) in [6, 6.07) is 9.19. The Labute approximate surface area is 123 Å². The van der Waals surface area contributed by atoms with E-state index in [4.69, 9.17) is 4.74 Å². The van der Waals surface area contributed by atoms with Crippen molar-refractivity contribution in [1.82, 2.24) is 5.32 Å². The topological polar surface area (TPSA) is 21.3 Å². The van der Waals surface area contributed by atoms with Crippen LogP contribution in [0.25, 0.3) is 0 Å². The lowest BCUT2D eigenvalue weighted by Gasteiger charge is -2.27. The van der Waals surface area contributed by atoms with E-state index in [1.165, 1.54) is 31.2 Å². The monoisotopic (exact) mass is 275 g/mol. The van der Waals surface area contributed by atoms with Crippen LogP contribution < -0.4 is 10.1 Å². The molecule has 1 N–H and O–H groups in total. The van der Waals surface area contributed by atoms with E-state index in [9.17, 15) is 0 Å². The van der Waals surface area contributed by atoms with Crippen LogP contribution in [-0.2, 0) is 6.54 Å². The van der Waals surface area contributed by atoms with Gasteiger partial charge in [0.05, 0.1) is 6.61 Å². The fourth-order valence-corrected chi connectivity index (χ4v) is 2.89. The average Bonchev–Trinajstić information content (AvgIpc) is 2.43. The molecule has 0 bridgehead atoms. The number of rotatable bonds is 6. The highest BCUT2D eigenvalue weighted by Gasteiger charge is 2.17. The van der Waals surface area contributed by atoms with E-state index >= 15 is 0 Å². The van der Waals surface area contributed by atoms with E-state index < -0.39 is 0 Å². The van der Waals surface area contributed by atoms with E-state index in [0.717, 1.165) is 24.8 Å². The molecule has 2 unspecified atom stereocenters. The largest absolute Gasteiger partial charge is 0.493 e. The Bertz CT molecular complexity index is 402. The average molecular weight is 275 g/mol. The van der Waals surface area contributed by atoms with Gasteiger partial charge in [-0.1, -0.05) is 45.7 Å². The SMILES string of the molecule is CC(C)COc1cccc(CNC2CCCC(C)C2)c1. The molecule has 20 heavy (non-hydrogen) atoms. The van der Waals surface area contributed by atoms with Gasteiger partial charge in [-0.05, 0) is 42.4 Å². The van der Waals surface area contributed by atoms with Gasteiger partial charge in [0.15, 0.2) is 0 Å². The quantitative estimate of drug-likeness (QED) is 0.831. The van der Waals surface area contributed by atoms with Gasteiger partial charge < -0.3 is 10.1 Å². The van der Waals surface area contributed by atoms with Gasteiger partial charge in [0.2, 0.25) is 0 Å². The first-order chi connectivity index (χ1) is 9.63. The van der Waals surface area contributed by atoms with Crippen molar-refractivity contribution in [2.24, 2.45) is 11.8 Å². The summed E-state index contributed by atoms with van der Waals surface area (Å²) in [4.78, 5) is 0. The molecule has 0 heterocycles. The Morgan fingerprint density at radius 3 is 2.90 bits per heavy atom. The van der Waals surface area contributed by atoms with Crippen LogP contribution >= 0.6 is 0 Å². The molecule has 0 spiro atoms. The zero-order valence-electron chi connectivity index (χ0n) is 13.2. The Kier molecular flexibility index (Phi) is 5.90. The lowest BCUT2D eigenvalue weighted by molar-refractivity contribution is 0.270. The van der Waals surface area contributed by atoms with Gasteiger partial charge in [0, 0.05) is 12.6 Å². The highest BCUT2D eigenvalue weighted by molar-refractivity contribution is 5.28. The van der Waals surface area contributed by atoms with Crippen molar-refractivity contribution >= 4 is 0 Å². The molecule has 0 radical (unpaired) electrons. The Morgan fingerprint density at radius 2 is 2.15 bits per heavy atom. The Balaban J connectivity index is 1.81. The fraction of sp³-hybridized carbons (Fsp3) is 0.667. The molecule has 1 saturated carbocycles. The van der Waals surface area contributed by atoms with Crippen LogP contribution in [0.1, 0.15) is 52.0 Å². The van der Waals surface area contributed by atoms with Crippen LogP contribution in [0.2, 0.25) is 0 Å². The summed E-state index contributed by atoms with van der Waals surface area (Å²) >= 11 is 0. The maximum Gasteiger partial charge on any atom is 0.119 e. The molecule has 1 aromatic rings. The van der Waals surface area contributed by atoms with Crippen molar-refractivity contribution in [2.45, 2.75) is 59.0 Å². The second-order valence-corrected chi connectivity index (χ2v) is 6.70. The normalized spacial score (nSPS) is 23.0. The molecule has 0 saturated heterocycles. The van der Waals surface area contributed by atoms with E-state index in [-0.39, 0.29) is 0 Å². The van der Waals surface area contributed by atoms with Crippen LogP contribution in [0.3, 0.4) is 0 Å². The Morgan fingerprint density at radius 1 is 1.30 bits per heavy atom. The first-order valence-corrected chi connectivity index (χ1v) is 8.08. The van der Waals surface area contributed by atoms with Crippen LogP contribution in [0.5, 0.6) is 5.75 Å². The van der Waals surface area contributed by atoms with Crippen molar-refractivity contribution < 1.29 is 4.74 Å². The summed E-state index contributed by atoms with van der Waals surface area (Å²) in [5, 5.41) is 3.70. The lowest BCUT2D eigenvalue weighted by Crippen LogP contribution is -2.33. The Hall–Kier alpha value is -1.02. The third kappa shape index (κ3) is 5.16. The zero-order chi connectivity index (χ0) is 14.4. The first kappa shape index (κ1) is 15.4. The minimum absolute atomic E-state index is 0.570. The molecule has 2 nitrogen and oxygen atoms in total. The van der Waals surface area contributed by atoms with Gasteiger partial charge in [-0.15, -0.1) is 0 Å². The van der Waals surface area contributed by atoms with Crippen molar-refractivity contribution in [2.75, 3.05) is 6.61 Å². The van der Waals surface area contributed by atoms with Crippen molar-refractivity contribution in [1.29, 1.82) is 0 Å². The standard InChI is InChI=1S/C18H29NO/c1-14(2)13-20-18-9-5-7-16(11-18)12-19-17-8-4-6-15(3)10-17/h5,7,9,11,14-15,17,19H,4,6,8,10,12-13H2,1-3H3. The number of hydrogen-bond donors (Lipinski definition) is 1. The highest BCUT2D eigenvalue weighted by Crippen LogP contribution is 2.24. The van der Waals surface area contributed by atoms with Gasteiger partial charge in [-0.25, -0.2) is 0 Å². The molecule has 112 valence electrons. The van der Waals surface area contributed by atoms with Crippen molar-refractivity contribution in [3.8, 4) is 5.75 Å². The summed E-state index contributed by atoms with van der Waals surface area (Å²) < 4.78 is 5.79. The molecule has 0 aliphatic heterocycles. The van der Waals surface area contributed by atoms with Crippen LogP contribution in [-0.4, -0.2) is 12.6 Å². The number of benzene rings is 1. The smallest absolute Gasteiger partial charge is 0.119 e. The summed E-state index contributed by atoms with van der Waals surface area (Å²) in [5.41, 5.74) is 1.32. The third-order valence-corrected chi connectivity index (χ3v) is 4.01. The van der Waals surface area contributed by atoms with Gasteiger partial charge in [-0.3, -0.25) is 0 Å². The first-order valence-electron chi connectivity index (χ1n) is 8.08. The summed E-state index contributed by atoms with van der Waals surface area (Å²) in [7, 11) is 0. The summed E-state index contributed by atoms with van der Waals surface area (Å²) in [6.07, 6.45) is 5.42. The fourth-order valence-electron chi connectivity index (χ4n) is 2.89. The molecule has 0 aromatic heterocycles. The van der Waals surface area contributed by atoms with E-state index in [0.29, 0.717) is 12.0 Å². The zero-order valence-corrected chi connectivity index (χ0v) is 13.2. The van der Waals surface area contributed by atoms with Gasteiger partial charge in [0.1, 0.15) is 5.75 Å². The molecule has 1 aliphatic rings. The van der Waals surface area contributed by atoms with Crippen LogP contribution in [0.15, 0.2) is 24.3 Å². The maximum absolute atomic E-state index is 5.79. The maximum atomic E-state index is 5.79. The molecule has 2 atom stereocenters. The number of ether oxygens (including phenoxy) is 1. The van der Waals surface area contributed by atoms with Crippen LogP contribution in [0, 0.1) is 11.8 Å². The molecular formula is C18H29NO. The van der Waals surface area contributed by atoms with E-state index in [1.807, 2.05) is 0 Å². The molecule has 2 heteroatoms. The van der Waals surface area contributed by atoms with Crippen molar-refractivity contribution in [3.63, 3.8) is 0 Å². The third-order valence-electron chi connectivity index (χ3n) is 4.01. The molecule has 1 aromatic carbocycles. The molecule has 2 rings (SSSR count). The van der Waals surface area contributed by atoms with Gasteiger partial charge >= 0.3 is 0 Å². The highest BCUT2D eigenvalue weighted by atomic mass is 16.5. The van der Waals surface area contributed by atoms with Gasteiger partial charge in [-0.2, -0.15) is 0 Å².